The highest BCUT2D eigenvalue weighted by atomic mass is 32.2. The zero-order valence-electron chi connectivity index (χ0n) is 10.6. The molecule has 0 unspecified atom stereocenters. The predicted molar refractivity (Wildman–Crippen MR) is 70.1 cm³/mol. The Morgan fingerprint density at radius 2 is 2.05 bits per heavy atom. The normalized spacial score (nSPS) is 16.4. The Balaban J connectivity index is 1.94. The number of piperidine rings is 1. The molecular weight excluding hydrogens is 266 g/mol. The molecular formula is C12H15N3O3S. The van der Waals surface area contributed by atoms with E-state index in [4.69, 9.17) is 5.11 Å². The van der Waals surface area contributed by atoms with Crippen molar-refractivity contribution in [2.24, 2.45) is 0 Å². The number of likely N-dealkylation sites (tertiary alicyclic amines) is 1. The third kappa shape index (κ3) is 3.66. The Bertz CT molecular complexity index is 487. The van der Waals surface area contributed by atoms with Crippen LogP contribution < -0.4 is 0 Å². The van der Waals surface area contributed by atoms with Crippen LogP contribution in [0.2, 0.25) is 0 Å². The summed E-state index contributed by atoms with van der Waals surface area (Å²) in [6.07, 6.45) is 3.07. The number of carbonyl (C=O) groups is 2. The van der Waals surface area contributed by atoms with E-state index in [1.807, 2.05) is 4.90 Å². The average molecular weight is 281 g/mol. The van der Waals surface area contributed by atoms with Crippen LogP contribution in [-0.2, 0) is 4.79 Å². The van der Waals surface area contributed by atoms with Crippen molar-refractivity contribution in [1.82, 2.24) is 14.9 Å². The number of carboxylic acid groups (broad SMARTS) is 1. The molecule has 1 aliphatic heterocycles. The van der Waals surface area contributed by atoms with Crippen molar-refractivity contribution >= 4 is 23.6 Å². The summed E-state index contributed by atoms with van der Waals surface area (Å²) >= 11 is 1.56. The number of hydrogen-bond donors (Lipinski definition) is 1. The molecule has 2 heterocycles. The first-order valence-corrected chi connectivity index (χ1v) is 6.91. The number of carboxylic acids is 1. The van der Waals surface area contributed by atoms with Crippen molar-refractivity contribution in [3.05, 3.63) is 18.1 Å². The number of rotatable bonds is 3. The Kier molecular flexibility index (Phi) is 4.36. The minimum absolute atomic E-state index is 0.0127. The molecule has 19 heavy (non-hydrogen) atoms. The predicted octanol–water partition coefficient (Wildman–Crippen LogP) is 1.28. The first-order chi connectivity index (χ1) is 9.06. The molecule has 1 amide bonds. The number of aromatic nitrogens is 2. The molecule has 1 aromatic rings. The van der Waals surface area contributed by atoms with Crippen molar-refractivity contribution in [3.63, 3.8) is 0 Å². The summed E-state index contributed by atoms with van der Waals surface area (Å²) < 4.78 is 0. The second kappa shape index (κ2) is 6.01. The SMILES string of the molecule is CC(=O)N1CCC(Sc2cc(C(=O)O)ncn2)CC1. The maximum Gasteiger partial charge on any atom is 0.354 e. The number of carbonyl (C=O) groups excluding carboxylic acids is 1. The van der Waals surface area contributed by atoms with Crippen LogP contribution in [-0.4, -0.2) is 50.2 Å². The zero-order chi connectivity index (χ0) is 13.8. The maximum absolute atomic E-state index is 11.2. The lowest BCUT2D eigenvalue weighted by Crippen LogP contribution is -2.37. The summed E-state index contributed by atoms with van der Waals surface area (Å²) in [5.41, 5.74) is 0.0127. The molecule has 2 rings (SSSR count). The second-order valence-electron chi connectivity index (χ2n) is 4.37. The van der Waals surface area contributed by atoms with Crippen molar-refractivity contribution in [2.45, 2.75) is 30.0 Å². The first kappa shape index (κ1) is 13.8. The summed E-state index contributed by atoms with van der Waals surface area (Å²) in [6, 6.07) is 1.49. The lowest BCUT2D eigenvalue weighted by Gasteiger charge is -2.30. The van der Waals surface area contributed by atoms with Crippen LogP contribution in [0.3, 0.4) is 0 Å². The van der Waals surface area contributed by atoms with Gasteiger partial charge < -0.3 is 10.0 Å². The molecule has 6 nitrogen and oxygen atoms in total. The fourth-order valence-corrected chi connectivity index (χ4v) is 3.06. The van der Waals surface area contributed by atoms with Crippen molar-refractivity contribution < 1.29 is 14.7 Å². The Hall–Kier alpha value is -1.63. The second-order valence-corrected chi connectivity index (χ2v) is 5.69. The minimum Gasteiger partial charge on any atom is -0.477 e. The summed E-state index contributed by atoms with van der Waals surface area (Å²) in [7, 11) is 0. The molecule has 0 aliphatic carbocycles. The van der Waals surface area contributed by atoms with E-state index in [0.717, 1.165) is 25.9 Å². The number of thioether (sulfide) groups is 1. The van der Waals surface area contributed by atoms with Crippen LogP contribution >= 0.6 is 11.8 Å². The molecule has 0 saturated carbocycles. The fourth-order valence-electron chi connectivity index (χ4n) is 1.98. The van der Waals surface area contributed by atoms with Gasteiger partial charge in [0.1, 0.15) is 11.4 Å². The van der Waals surface area contributed by atoms with Crippen LogP contribution in [0.25, 0.3) is 0 Å². The van der Waals surface area contributed by atoms with Gasteiger partial charge in [-0.1, -0.05) is 0 Å². The molecule has 0 bridgehead atoms. The Labute approximate surface area is 115 Å². The van der Waals surface area contributed by atoms with Crippen LogP contribution in [0, 0.1) is 0 Å². The van der Waals surface area contributed by atoms with Gasteiger partial charge in [0.05, 0.1) is 0 Å². The lowest BCUT2D eigenvalue weighted by molar-refractivity contribution is -0.129. The van der Waals surface area contributed by atoms with Crippen LogP contribution in [0.5, 0.6) is 0 Å². The van der Waals surface area contributed by atoms with Gasteiger partial charge in [-0.05, 0) is 12.8 Å². The molecule has 1 aliphatic rings. The molecule has 0 radical (unpaired) electrons. The number of hydrogen-bond acceptors (Lipinski definition) is 5. The zero-order valence-corrected chi connectivity index (χ0v) is 11.4. The molecule has 1 fully saturated rings. The number of aromatic carboxylic acids is 1. The lowest BCUT2D eigenvalue weighted by atomic mass is 10.1. The minimum atomic E-state index is -1.05. The highest BCUT2D eigenvalue weighted by Crippen LogP contribution is 2.29. The van der Waals surface area contributed by atoms with Crippen LogP contribution in [0.4, 0.5) is 0 Å². The van der Waals surface area contributed by atoms with Gasteiger partial charge in [0.2, 0.25) is 5.91 Å². The summed E-state index contributed by atoms with van der Waals surface area (Å²) in [5, 5.41) is 9.91. The van der Waals surface area contributed by atoms with Gasteiger partial charge in [0, 0.05) is 31.3 Å². The summed E-state index contributed by atoms with van der Waals surface area (Å²) in [5.74, 6) is -0.936. The molecule has 102 valence electrons. The molecule has 7 heteroatoms. The third-order valence-corrected chi connectivity index (χ3v) is 4.31. The highest BCUT2D eigenvalue weighted by Gasteiger charge is 2.22. The van der Waals surface area contributed by atoms with Crippen LogP contribution in [0.1, 0.15) is 30.3 Å². The van der Waals surface area contributed by atoms with Gasteiger partial charge in [-0.15, -0.1) is 11.8 Å². The Morgan fingerprint density at radius 1 is 1.37 bits per heavy atom. The van der Waals surface area contributed by atoms with Gasteiger partial charge in [-0.2, -0.15) is 0 Å². The van der Waals surface area contributed by atoms with E-state index < -0.39 is 5.97 Å². The molecule has 1 aromatic heterocycles. The first-order valence-electron chi connectivity index (χ1n) is 6.04. The molecule has 0 aromatic carbocycles. The quantitative estimate of drug-likeness (QED) is 0.840. The van der Waals surface area contributed by atoms with Crippen molar-refractivity contribution in [1.29, 1.82) is 0 Å². The van der Waals surface area contributed by atoms with Gasteiger partial charge in [0.25, 0.3) is 0 Å². The number of amides is 1. The van der Waals surface area contributed by atoms with Crippen LogP contribution in [0.15, 0.2) is 17.4 Å². The Morgan fingerprint density at radius 3 is 2.63 bits per heavy atom. The van der Waals surface area contributed by atoms with Gasteiger partial charge in [-0.25, -0.2) is 14.8 Å². The van der Waals surface area contributed by atoms with E-state index in [2.05, 4.69) is 9.97 Å². The molecule has 0 atom stereocenters. The fraction of sp³-hybridized carbons (Fsp3) is 0.500. The van der Waals surface area contributed by atoms with E-state index in [0.29, 0.717) is 10.3 Å². The number of nitrogens with zero attached hydrogens (tertiary/aromatic N) is 3. The standard InChI is InChI=1S/C12H15N3O3S/c1-8(16)15-4-2-9(3-5-15)19-11-6-10(12(17)18)13-7-14-11/h6-7,9H,2-5H2,1H3,(H,17,18). The van der Waals surface area contributed by atoms with Gasteiger partial charge >= 0.3 is 5.97 Å². The topological polar surface area (TPSA) is 83.4 Å². The van der Waals surface area contributed by atoms with E-state index >= 15 is 0 Å². The maximum atomic E-state index is 11.2. The third-order valence-electron chi connectivity index (χ3n) is 3.04. The van der Waals surface area contributed by atoms with E-state index in [-0.39, 0.29) is 11.6 Å². The monoisotopic (exact) mass is 281 g/mol. The van der Waals surface area contributed by atoms with Crippen molar-refractivity contribution in [3.8, 4) is 0 Å². The van der Waals surface area contributed by atoms with E-state index in [1.165, 1.54) is 12.4 Å². The van der Waals surface area contributed by atoms with Crippen molar-refractivity contribution in [2.75, 3.05) is 13.1 Å². The van der Waals surface area contributed by atoms with E-state index in [1.54, 1.807) is 18.7 Å². The molecule has 1 N–H and O–H groups in total. The van der Waals surface area contributed by atoms with Gasteiger partial charge in [0.15, 0.2) is 5.69 Å². The largest absolute Gasteiger partial charge is 0.477 e. The van der Waals surface area contributed by atoms with E-state index in [9.17, 15) is 9.59 Å². The summed E-state index contributed by atoms with van der Waals surface area (Å²) in [6.45, 7) is 3.09. The summed E-state index contributed by atoms with van der Waals surface area (Å²) in [4.78, 5) is 31.6. The molecule has 0 spiro atoms. The van der Waals surface area contributed by atoms with Gasteiger partial charge in [-0.3, -0.25) is 4.79 Å². The average Bonchev–Trinajstić information content (AvgIpc) is 2.39. The highest BCUT2D eigenvalue weighted by molar-refractivity contribution is 7.99. The molecule has 1 saturated heterocycles. The smallest absolute Gasteiger partial charge is 0.354 e.